The van der Waals surface area contributed by atoms with Gasteiger partial charge in [0.1, 0.15) is 23.8 Å². The first-order chi connectivity index (χ1) is 10.9. The minimum Gasteiger partial charge on any atom is -0.493 e. The highest BCUT2D eigenvalue weighted by molar-refractivity contribution is 5.81. The van der Waals surface area contributed by atoms with Gasteiger partial charge in [-0.3, -0.25) is 9.59 Å². The summed E-state index contributed by atoms with van der Waals surface area (Å²) < 4.78 is 37.6. The van der Waals surface area contributed by atoms with Crippen LogP contribution in [0.4, 0.5) is 8.78 Å². The largest absolute Gasteiger partial charge is 0.493 e. The average molecular weight is 324 g/mol. The lowest BCUT2D eigenvalue weighted by Crippen LogP contribution is -2.50. The monoisotopic (exact) mass is 324 g/mol. The van der Waals surface area contributed by atoms with Gasteiger partial charge in [-0.25, -0.2) is 8.78 Å². The number of esters is 1. The molecule has 1 aliphatic heterocycles. The van der Waals surface area contributed by atoms with E-state index in [2.05, 4.69) is 10.1 Å². The fourth-order valence-corrected chi connectivity index (χ4v) is 2.64. The number of amides is 1. The van der Waals surface area contributed by atoms with Crippen LogP contribution in [0, 0.1) is 23.0 Å². The van der Waals surface area contributed by atoms with Crippen molar-refractivity contribution in [1.29, 1.82) is 5.26 Å². The molecule has 1 aliphatic rings. The third-order valence-electron chi connectivity index (χ3n) is 3.58. The summed E-state index contributed by atoms with van der Waals surface area (Å²) in [6, 6.07) is 3.31. The number of hydrogen-bond donors (Lipinski definition) is 1. The lowest BCUT2D eigenvalue weighted by Gasteiger charge is -2.38. The minimum absolute atomic E-state index is 0.0414. The van der Waals surface area contributed by atoms with Crippen molar-refractivity contribution in [3.8, 4) is 11.8 Å². The molecule has 0 bridgehead atoms. The van der Waals surface area contributed by atoms with Gasteiger partial charge in [-0.15, -0.1) is 0 Å². The molecule has 0 radical (unpaired) electrons. The predicted molar refractivity (Wildman–Crippen MR) is 73.2 cm³/mol. The first-order valence-electron chi connectivity index (χ1n) is 6.79. The molecule has 122 valence electrons. The summed E-state index contributed by atoms with van der Waals surface area (Å²) in [5, 5.41) is 11.1. The summed E-state index contributed by atoms with van der Waals surface area (Å²) in [5.41, 5.74) is -1.58. The van der Waals surface area contributed by atoms with Crippen LogP contribution in [-0.2, 0) is 19.9 Å². The lowest BCUT2D eigenvalue weighted by molar-refractivity contribution is -0.143. The van der Waals surface area contributed by atoms with Crippen molar-refractivity contribution < 1.29 is 27.8 Å². The first kappa shape index (κ1) is 16.7. The van der Waals surface area contributed by atoms with E-state index in [1.54, 1.807) is 6.07 Å². The summed E-state index contributed by atoms with van der Waals surface area (Å²) in [4.78, 5) is 23.6. The van der Waals surface area contributed by atoms with Gasteiger partial charge in [-0.05, 0) is 0 Å². The van der Waals surface area contributed by atoms with Crippen LogP contribution in [0.3, 0.4) is 0 Å². The highest BCUT2D eigenvalue weighted by atomic mass is 19.1. The molecule has 1 N–H and O–H groups in total. The van der Waals surface area contributed by atoms with Crippen LogP contribution in [0.1, 0.15) is 24.8 Å². The molecular formula is C15H14F2N2O4. The number of carbonyl (C=O) groups excluding carboxylic acids is 2. The Morgan fingerprint density at radius 3 is 2.87 bits per heavy atom. The quantitative estimate of drug-likeness (QED) is 0.849. The third-order valence-corrected chi connectivity index (χ3v) is 3.58. The normalized spacial score (nSPS) is 19.0. The summed E-state index contributed by atoms with van der Waals surface area (Å²) in [5.74, 6) is -3.22. The van der Waals surface area contributed by atoms with Crippen molar-refractivity contribution in [2.45, 2.75) is 24.8 Å². The van der Waals surface area contributed by atoms with Crippen LogP contribution in [0.15, 0.2) is 12.1 Å². The van der Waals surface area contributed by atoms with Crippen molar-refractivity contribution in [3.63, 3.8) is 0 Å². The fraction of sp³-hybridized carbons (Fsp3) is 0.400. The minimum atomic E-state index is -1.45. The van der Waals surface area contributed by atoms with E-state index >= 15 is 0 Å². The molecule has 0 unspecified atom stereocenters. The summed E-state index contributed by atoms with van der Waals surface area (Å²) in [7, 11) is 1.16. The van der Waals surface area contributed by atoms with Crippen LogP contribution in [0.25, 0.3) is 0 Å². The number of carbonyl (C=O) groups is 2. The van der Waals surface area contributed by atoms with Crippen LogP contribution in [0.5, 0.6) is 5.75 Å². The van der Waals surface area contributed by atoms with Crippen LogP contribution < -0.4 is 10.1 Å². The Balaban J connectivity index is 2.53. The van der Waals surface area contributed by atoms with Crippen molar-refractivity contribution >= 4 is 11.9 Å². The molecule has 0 aliphatic carbocycles. The van der Waals surface area contributed by atoms with Crippen LogP contribution in [0.2, 0.25) is 0 Å². The van der Waals surface area contributed by atoms with Gasteiger partial charge in [0, 0.05) is 18.6 Å². The van der Waals surface area contributed by atoms with Gasteiger partial charge in [0.15, 0.2) is 0 Å². The zero-order valence-corrected chi connectivity index (χ0v) is 12.3. The molecule has 8 heteroatoms. The van der Waals surface area contributed by atoms with Gasteiger partial charge in [0.05, 0.1) is 37.3 Å². The number of fused-ring (bicyclic) bond motifs is 1. The van der Waals surface area contributed by atoms with Gasteiger partial charge in [-0.2, -0.15) is 5.26 Å². The number of benzene rings is 1. The van der Waals surface area contributed by atoms with Gasteiger partial charge in [-0.1, -0.05) is 0 Å². The zero-order valence-electron chi connectivity index (χ0n) is 12.3. The first-order valence-corrected chi connectivity index (χ1v) is 6.79. The molecule has 0 aromatic heterocycles. The maximum Gasteiger partial charge on any atom is 0.308 e. The topological polar surface area (TPSA) is 88.4 Å². The van der Waals surface area contributed by atoms with E-state index in [1.165, 1.54) is 0 Å². The van der Waals surface area contributed by atoms with E-state index in [0.29, 0.717) is 6.07 Å². The number of hydrogen-bond acceptors (Lipinski definition) is 5. The second-order valence-corrected chi connectivity index (χ2v) is 5.08. The van der Waals surface area contributed by atoms with E-state index in [9.17, 15) is 18.4 Å². The standard InChI is InChI=1S/C15H14F2N2O4/c1-22-13(21)8-15(19-12(20)2-4-18)3-5-23-11-7-9(16)6-10(17)14(11)15/h6-7H,2-3,5,8H2,1H3,(H,19,20)/t15-/m0/s1. The molecule has 0 spiro atoms. The predicted octanol–water partition coefficient (Wildman–Crippen LogP) is 1.54. The second-order valence-electron chi connectivity index (χ2n) is 5.08. The van der Waals surface area contributed by atoms with E-state index < -0.39 is 35.5 Å². The van der Waals surface area contributed by atoms with Gasteiger partial charge in [0.25, 0.3) is 0 Å². The molecule has 1 heterocycles. The number of halogens is 2. The van der Waals surface area contributed by atoms with Crippen molar-refractivity contribution in [2.24, 2.45) is 0 Å². The van der Waals surface area contributed by atoms with Gasteiger partial charge >= 0.3 is 5.97 Å². The molecule has 1 aromatic rings. The van der Waals surface area contributed by atoms with E-state index in [1.807, 2.05) is 0 Å². The van der Waals surface area contributed by atoms with Gasteiger partial charge < -0.3 is 14.8 Å². The molecule has 0 saturated heterocycles. The summed E-state index contributed by atoms with van der Waals surface area (Å²) in [6.45, 7) is 0.0414. The Hall–Kier alpha value is -2.69. The number of nitriles is 1. The molecule has 0 fully saturated rings. The van der Waals surface area contributed by atoms with Gasteiger partial charge in [0.2, 0.25) is 5.91 Å². The van der Waals surface area contributed by atoms with E-state index in [4.69, 9.17) is 10.00 Å². The summed E-state index contributed by atoms with van der Waals surface area (Å²) >= 11 is 0. The lowest BCUT2D eigenvalue weighted by atomic mass is 9.81. The highest BCUT2D eigenvalue weighted by Crippen LogP contribution is 2.41. The number of rotatable bonds is 4. The number of nitrogens with one attached hydrogen (secondary N) is 1. The molecule has 6 nitrogen and oxygen atoms in total. The maximum atomic E-state index is 14.3. The summed E-state index contributed by atoms with van der Waals surface area (Å²) in [6.07, 6.45) is -0.740. The Morgan fingerprint density at radius 1 is 1.48 bits per heavy atom. The van der Waals surface area contributed by atoms with Crippen LogP contribution in [-0.4, -0.2) is 25.6 Å². The molecule has 23 heavy (non-hydrogen) atoms. The van der Waals surface area contributed by atoms with E-state index in [0.717, 1.165) is 13.2 Å². The zero-order chi connectivity index (χ0) is 17.0. The molecule has 2 rings (SSSR count). The Morgan fingerprint density at radius 2 is 2.22 bits per heavy atom. The number of methoxy groups -OCH3 is 1. The molecule has 1 atom stereocenters. The maximum absolute atomic E-state index is 14.3. The van der Waals surface area contributed by atoms with Crippen molar-refractivity contribution in [3.05, 3.63) is 29.3 Å². The van der Waals surface area contributed by atoms with Crippen molar-refractivity contribution in [2.75, 3.05) is 13.7 Å². The number of ether oxygens (including phenoxy) is 2. The molecule has 1 amide bonds. The van der Waals surface area contributed by atoms with Crippen molar-refractivity contribution in [1.82, 2.24) is 5.32 Å². The highest BCUT2D eigenvalue weighted by Gasteiger charge is 2.44. The third kappa shape index (κ3) is 3.39. The Bertz CT molecular complexity index is 687. The number of nitrogens with zero attached hydrogens (tertiary/aromatic N) is 1. The average Bonchev–Trinajstić information content (AvgIpc) is 2.46. The fourth-order valence-electron chi connectivity index (χ4n) is 2.64. The SMILES string of the molecule is COC(=O)C[C@@]1(NC(=O)CC#N)CCOc2cc(F)cc(F)c21. The Labute approximate surface area is 131 Å². The molecule has 0 saturated carbocycles. The van der Waals surface area contributed by atoms with E-state index in [-0.39, 0.29) is 30.8 Å². The second kappa shape index (κ2) is 6.60. The Kier molecular flexibility index (Phi) is 4.79. The van der Waals surface area contributed by atoms with Crippen LogP contribution >= 0.6 is 0 Å². The smallest absolute Gasteiger partial charge is 0.308 e. The molecule has 1 aromatic carbocycles. The molecular weight excluding hydrogens is 310 g/mol.